The summed E-state index contributed by atoms with van der Waals surface area (Å²) in [5.74, 6) is 0.792. The standard InChI is InChI=1S/C17H25NO3/c1-12(19)11-15-5-4-10-18(15)17(20)13(2)14-6-8-16(21-3)9-7-14/h6-9,12-13,15,19H,4-5,10-11H2,1-3H3. The number of hydrogen-bond donors (Lipinski definition) is 1. The number of carbonyl (C=O) groups is 1. The van der Waals surface area contributed by atoms with E-state index in [-0.39, 0.29) is 24.0 Å². The second kappa shape index (κ2) is 6.94. The predicted octanol–water partition coefficient (Wildman–Crippen LogP) is 2.56. The third-order valence-electron chi connectivity index (χ3n) is 4.26. The molecule has 0 saturated carbocycles. The van der Waals surface area contributed by atoms with Crippen LogP contribution < -0.4 is 4.74 Å². The van der Waals surface area contributed by atoms with Gasteiger partial charge in [-0.3, -0.25) is 4.79 Å². The Hall–Kier alpha value is -1.55. The molecular weight excluding hydrogens is 266 g/mol. The minimum absolute atomic E-state index is 0.156. The first kappa shape index (κ1) is 15.8. The van der Waals surface area contributed by atoms with Gasteiger partial charge >= 0.3 is 0 Å². The minimum atomic E-state index is -0.361. The lowest BCUT2D eigenvalue weighted by Crippen LogP contribution is -2.39. The monoisotopic (exact) mass is 291 g/mol. The first-order valence-corrected chi connectivity index (χ1v) is 7.65. The molecule has 3 atom stereocenters. The van der Waals surface area contributed by atoms with Crippen molar-refractivity contribution < 1.29 is 14.6 Å². The van der Waals surface area contributed by atoms with Crippen molar-refractivity contribution >= 4 is 5.91 Å². The Labute approximate surface area is 126 Å². The number of nitrogens with zero attached hydrogens (tertiary/aromatic N) is 1. The average molecular weight is 291 g/mol. The maximum Gasteiger partial charge on any atom is 0.230 e. The molecule has 0 bridgehead atoms. The van der Waals surface area contributed by atoms with Crippen molar-refractivity contribution in [3.63, 3.8) is 0 Å². The van der Waals surface area contributed by atoms with Gasteiger partial charge in [0.2, 0.25) is 5.91 Å². The Morgan fingerprint density at radius 2 is 2.05 bits per heavy atom. The van der Waals surface area contributed by atoms with Crippen LogP contribution in [0.2, 0.25) is 0 Å². The number of benzene rings is 1. The highest BCUT2D eigenvalue weighted by atomic mass is 16.5. The van der Waals surface area contributed by atoms with E-state index < -0.39 is 0 Å². The fourth-order valence-corrected chi connectivity index (χ4v) is 3.05. The summed E-state index contributed by atoms with van der Waals surface area (Å²) in [6.07, 6.45) is 2.32. The van der Waals surface area contributed by atoms with Crippen LogP contribution in [0.5, 0.6) is 5.75 Å². The molecule has 2 rings (SSSR count). The largest absolute Gasteiger partial charge is 0.497 e. The van der Waals surface area contributed by atoms with Gasteiger partial charge in [-0.15, -0.1) is 0 Å². The molecule has 1 fully saturated rings. The molecule has 1 heterocycles. The summed E-state index contributed by atoms with van der Waals surface area (Å²) in [7, 11) is 1.63. The lowest BCUT2D eigenvalue weighted by molar-refractivity contribution is -0.133. The van der Waals surface area contributed by atoms with Crippen LogP contribution in [0.15, 0.2) is 24.3 Å². The molecule has 1 aromatic rings. The van der Waals surface area contributed by atoms with Crippen LogP contribution in [0.4, 0.5) is 0 Å². The quantitative estimate of drug-likeness (QED) is 0.907. The molecule has 0 spiro atoms. The molecule has 4 heteroatoms. The second-order valence-electron chi connectivity index (χ2n) is 5.91. The van der Waals surface area contributed by atoms with Crippen molar-refractivity contribution in [2.45, 2.75) is 51.2 Å². The summed E-state index contributed by atoms with van der Waals surface area (Å²) in [4.78, 5) is 14.7. The van der Waals surface area contributed by atoms with Crippen molar-refractivity contribution in [3.05, 3.63) is 29.8 Å². The summed E-state index contributed by atoms with van der Waals surface area (Å²) in [6, 6.07) is 7.84. The summed E-state index contributed by atoms with van der Waals surface area (Å²) in [5.41, 5.74) is 1.00. The van der Waals surface area contributed by atoms with Gasteiger partial charge in [-0.1, -0.05) is 12.1 Å². The number of carbonyl (C=O) groups excluding carboxylic acids is 1. The van der Waals surface area contributed by atoms with Gasteiger partial charge in [0, 0.05) is 12.6 Å². The molecule has 0 aromatic heterocycles. The van der Waals surface area contributed by atoms with Gasteiger partial charge in [-0.05, 0) is 50.8 Å². The van der Waals surface area contributed by atoms with Crippen molar-refractivity contribution in [2.75, 3.05) is 13.7 Å². The van der Waals surface area contributed by atoms with Gasteiger partial charge in [0.15, 0.2) is 0 Å². The maximum atomic E-state index is 12.7. The van der Waals surface area contributed by atoms with Gasteiger partial charge in [-0.2, -0.15) is 0 Å². The number of rotatable bonds is 5. The molecule has 1 aromatic carbocycles. The Balaban J connectivity index is 2.06. The molecule has 116 valence electrons. The van der Waals surface area contributed by atoms with E-state index in [0.29, 0.717) is 6.42 Å². The number of methoxy groups -OCH3 is 1. The number of hydrogen-bond acceptors (Lipinski definition) is 3. The first-order chi connectivity index (χ1) is 10.0. The van der Waals surface area contributed by atoms with E-state index in [4.69, 9.17) is 4.74 Å². The average Bonchev–Trinajstić information content (AvgIpc) is 2.93. The highest BCUT2D eigenvalue weighted by molar-refractivity contribution is 5.83. The molecule has 4 nitrogen and oxygen atoms in total. The molecule has 1 N–H and O–H groups in total. The lowest BCUT2D eigenvalue weighted by atomic mass is 9.98. The van der Waals surface area contributed by atoms with E-state index in [2.05, 4.69) is 0 Å². The molecule has 1 aliphatic heterocycles. The zero-order chi connectivity index (χ0) is 15.4. The fraction of sp³-hybridized carbons (Fsp3) is 0.588. The van der Waals surface area contributed by atoms with Gasteiger partial charge in [0.1, 0.15) is 5.75 Å². The zero-order valence-electron chi connectivity index (χ0n) is 13.1. The fourth-order valence-electron chi connectivity index (χ4n) is 3.05. The number of aliphatic hydroxyl groups is 1. The van der Waals surface area contributed by atoms with Crippen molar-refractivity contribution in [3.8, 4) is 5.75 Å². The van der Waals surface area contributed by atoms with E-state index >= 15 is 0 Å². The summed E-state index contributed by atoms with van der Waals surface area (Å²) >= 11 is 0. The van der Waals surface area contributed by atoms with Crippen LogP contribution in [-0.4, -0.2) is 41.7 Å². The lowest BCUT2D eigenvalue weighted by Gasteiger charge is -2.28. The molecule has 1 saturated heterocycles. The molecule has 0 aliphatic carbocycles. The molecule has 1 amide bonds. The van der Waals surface area contributed by atoms with Gasteiger partial charge in [0.05, 0.1) is 19.1 Å². The summed E-state index contributed by atoms with van der Waals surface area (Å²) in [6.45, 7) is 4.53. The van der Waals surface area contributed by atoms with E-state index in [9.17, 15) is 9.90 Å². The van der Waals surface area contributed by atoms with Gasteiger partial charge in [-0.25, -0.2) is 0 Å². The van der Waals surface area contributed by atoms with Crippen molar-refractivity contribution in [1.82, 2.24) is 4.90 Å². The number of ether oxygens (including phenoxy) is 1. The number of aliphatic hydroxyl groups excluding tert-OH is 1. The molecule has 0 radical (unpaired) electrons. The van der Waals surface area contributed by atoms with E-state index in [1.54, 1.807) is 14.0 Å². The zero-order valence-corrected chi connectivity index (χ0v) is 13.1. The van der Waals surface area contributed by atoms with E-state index in [0.717, 1.165) is 30.7 Å². The predicted molar refractivity (Wildman–Crippen MR) is 82.4 cm³/mol. The normalized spacial score (nSPS) is 21.1. The van der Waals surface area contributed by atoms with Crippen LogP contribution in [0.1, 0.15) is 44.6 Å². The Kier molecular flexibility index (Phi) is 5.23. The number of amides is 1. The Morgan fingerprint density at radius 1 is 1.38 bits per heavy atom. The maximum absolute atomic E-state index is 12.7. The third-order valence-corrected chi connectivity index (χ3v) is 4.26. The molecule has 21 heavy (non-hydrogen) atoms. The van der Waals surface area contributed by atoms with E-state index in [1.807, 2.05) is 36.1 Å². The smallest absolute Gasteiger partial charge is 0.230 e. The second-order valence-corrected chi connectivity index (χ2v) is 5.91. The van der Waals surface area contributed by atoms with Crippen LogP contribution >= 0.6 is 0 Å². The topological polar surface area (TPSA) is 49.8 Å². The van der Waals surface area contributed by atoms with Gasteiger partial charge in [0.25, 0.3) is 0 Å². The minimum Gasteiger partial charge on any atom is -0.497 e. The van der Waals surface area contributed by atoms with E-state index in [1.165, 1.54) is 0 Å². The van der Waals surface area contributed by atoms with Crippen molar-refractivity contribution in [1.29, 1.82) is 0 Å². The van der Waals surface area contributed by atoms with Crippen LogP contribution in [0.3, 0.4) is 0 Å². The number of likely N-dealkylation sites (tertiary alicyclic amines) is 1. The third kappa shape index (κ3) is 3.76. The van der Waals surface area contributed by atoms with Gasteiger partial charge < -0.3 is 14.7 Å². The van der Waals surface area contributed by atoms with Crippen LogP contribution in [0, 0.1) is 0 Å². The van der Waals surface area contributed by atoms with Crippen LogP contribution in [-0.2, 0) is 4.79 Å². The summed E-state index contributed by atoms with van der Waals surface area (Å²) in [5, 5.41) is 9.57. The Bertz CT molecular complexity index is 469. The molecule has 1 aliphatic rings. The highest BCUT2D eigenvalue weighted by Crippen LogP contribution is 2.27. The molecule has 3 unspecified atom stereocenters. The first-order valence-electron chi connectivity index (χ1n) is 7.65. The molecular formula is C17H25NO3. The highest BCUT2D eigenvalue weighted by Gasteiger charge is 2.32. The SMILES string of the molecule is COc1ccc(C(C)C(=O)N2CCCC2CC(C)O)cc1. The van der Waals surface area contributed by atoms with Crippen molar-refractivity contribution in [2.24, 2.45) is 0 Å². The van der Waals surface area contributed by atoms with Crippen LogP contribution in [0.25, 0.3) is 0 Å². The Morgan fingerprint density at radius 3 is 2.62 bits per heavy atom. The summed E-state index contributed by atoms with van der Waals surface area (Å²) < 4.78 is 5.15.